The van der Waals surface area contributed by atoms with Crippen molar-refractivity contribution in [1.82, 2.24) is 0 Å². The molecule has 0 aromatic heterocycles. The Kier molecular flexibility index (Phi) is 4.19. The number of sulfonamides is 1. The van der Waals surface area contributed by atoms with Crippen LogP contribution in [0, 0.1) is 17.5 Å². The second-order valence-electron chi connectivity index (χ2n) is 4.19. The third-order valence-corrected chi connectivity index (χ3v) is 4.17. The summed E-state index contributed by atoms with van der Waals surface area (Å²) in [4.78, 5) is -0.352. The fraction of sp³-hybridized carbons (Fsp3) is 0.0769. The molecular weight excluding hydrogens is 305 g/mol. The summed E-state index contributed by atoms with van der Waals surface area (Å²) in [5, 5.41) is 0. The van der Waals surface area contributed by atoms with Gasteiger partial charge in [0.25, 0.3) is 10.0 Å². The molecule has 0 unspecified atom stereocenters. The molecule has 112 valence electrons. The Labute approximate surface area is 119 Å². The highest BCUT2D eigenvalue weighted by atomic mass is 32.2. The molecular formula is C13H11F3N2O2S. The standard InChI is InChI=1S/C13H11F3N2O2S/c14-9-2-1-8(7-17)13(5-9)21(19,20)18-10-3-4-11(15)12(16)6-10/h1-6,18H,7,17H2. The minimum absolute atomic E-state index is 0.117. The fourth-order valence-electron chi connectivity index (χ4n) is 1.72. The molecule has 3 N–H and O–H groups in total. The van der Waals surface area contributed by atoms with E-state index in [1.54, 1.807) is 0 Å². The predicted octanol–water partition coefficient (Wildman–Crippen LogP) is 2.36. The van der Waals surface area contributed by atoms with E-state index >= 15 is 0 Å². The van der Waals surface area contributed by atoms with Gasteiger partial charge in [0, 0.05) is 12.6 Å². The summed E-state index contributed by atoms with van der Waals surface area (Å²) in [5.41, 5.74) is 5.43. The third-order valence-electron chi connectivity index (χ3n) is 2.71. The average Bonchev–Trinajstić information content (AvgIpc) is 2.42. The molecule has 2 rings (SSSR count). The summed E-state index contributed by atoms with van der Waals surface area (Å²) in [6.07, 6.45) is 0. The molecule has 0 atom stereocenters. The van der Waals surface area contributed by atoms with Crippen LogP contribution in [0.3, 0.4) is 0 Å². The van der Waals surface area contributed by atoms with Crippen molar-refractivity contribution < 1.29 is 21.6 Å². The van der Waals surface area contributed by atoms with E-state index in [-0.39, 0.29) is 22.7 Å². The molecule has 0 aliphatic rings. The molecule has 4 nitrogen and oxygen atoms in total. The van der Waals surface area contributed by atoms with Gasteiger partial charge >= 0.3 is 0 Å². The minimum Gasteiger partial charge on any atom is -0.326 e. The minimum atomic E-state index is -4.17. The summed E-state index contributed by atoms with van der Waals surface area (Å²) in [5.74, 6) is -3.06. The zero-order valence-electron chi connectivity index (χ0n) is 10.6. The van der Waals surface area contributed by atoms with E-state index in [1.165, 1.54) is 6.07 Å². The van der Waals surface area contributed by atoms with Crippen LogP contribution in [0.1, 0.15) is 5.56 Å². The van der Waals surface area contributed by atoms with E-state index in [9.17, 15) is 21.6 Å². The second-order valence-corrected chi connectivity index (χ2v) is 5.84. The summed E-state index contributed by atoms with van der Waals surface area (Å²) >= 11 is 0. The Hall–Kier alpha value is -2.06. The first-order valence-corrected chi connectivity index (χ1v) is 7.28. The first kappa shape index (κ1) is 15.3. The van der Waals surface area contributed by atoms with Gasteiger partial charge in [-0.2, -0.15) is 0 Å². The van der Waals surface area contributed by atoms with E-state index < -0.39 is 27.5 Å². The van der Waals surface area contributed by atoms with Gasteiger partial charge in [0.2, 0.25) is 0 Å². The summed E-state index contributed by atoms with van der Waals surface area (Å²) in [6, 6.07) is 5.66. The van der Waals surface area contributed by atoms with Crippen LogP contribution in [0.5, 0.6) is 0 Å². The first-order chi connectivity index (χ1) is 9.83. The van der Waals surface area contributed by atoms with Crippen LogP contribution in [0.2, 0.25) is 0 Å². The Bertz CT molecular complexity index is 779. The zero-order chi connectivity index (χ0) is 15.6. The lowest BCUT2D eigenvalue weighted by atomic mass is 10.2. The number of hydrogen-bond acceptors (Lipinski definition) is 3. The predicted molar refractivity (Wildman–Crippen MR) is 71.5 cm³/mol. The molecule has 0 aliphatic heterocycles. The summed E-state index contributed by atoms with van der Waals surface area (Å²) in [7, 11) is -4.17. The maximum atomic E-state index is 13.2. The topological polar surface area (TPSA) is 72.2 Å². The van der Waals surface area contributed by atoms with Crippen molar-refractivity contribution in [2.75, 3.05) is 4.72 Å². The van der Waals surface area contributed by atoms with Gasteiger partial charge in [0.05, 0.1) is 10.6 Å². The molecule has 0 saturated carbocycles. The van der Waals surface area contributed by atoms with Crippen molar-refractivity contribution in [3.05, 3.63) is 59.4 Å². The van der Waals surface area contributed by atoms with Crippen LogP contribution < -0.4 is 10.5 Å². The Morgan fingerprint density at radius 2 is 1.71 bits per heavy atom. The lowest BCUT2D eigenvalue weighted by Gasteiger charge is -2.11. The number of halogens is 3. The number of benzene rings is 2. The highest BCUT2D eigenvalue weighted by Crippen LogP contribution is 2.22. The molecule has 0 spiro atoms. The normalized spacial score (nSPS) is 11.4. The van der Waals surface area contributed by atoms with Gasteiger partial charge in [0.15, 0.2) is 11.6 Å². The molecule has 2 aromatic rings. The van der Waals surface area contributed by atoms with Crippen molar-refractivity contribution in [3.8, 4) is 0 Å². The van der Waals surface area contributed by atoms with E-state index in [0.29, 0.717) is 6.07 Å². The molecule has 0 amide bonds. The van der Waals surface area contributed by atoms with E-state index in [4.69, 9.17) is 5.73 Å². The monoisotopic (exact) mass is 316 g/mol. The molecule has 0 aliphatic carbocycles. The largest absolute Gasteiger partial charge is 0.326 e. The molecule has 0 radical (unpaired) electrons. The molecule has 0 heterocycles. The van der Waals surface area contributed by atoms with Crippen LogP contribution in [0.4, 0.5) is 18.9 Å². The molecule has 21 heavy (non-hydrogen) atoms. The van der Waals surface area contributed by atoms with E-state index in [2.05, 4.69) is 0 Å². The number of nitrogens with one attached hydrogen (secondary N) is 1. The van der Waals surface area contributed by atoms with Crippen LogP contribution >= 0.6 is 0 Å². The van der Waals surface area contributed by atoms with Crippen LogP contribution in [-0.4, -0.2) is 8.42 Å². The zero-order valence-corrected chi connectivity index (χ0v) is 11.4. The quantitative estimate of drug-likeness (QED) is 0.909. The number of hydrogen-bond donors (Lipinski definition) is 2. The summed E-state index contributed by atoms with van der Waals surface area (Å²) < 4.78 is 65.5. The molecule has 0 bridgehead atoms. The number of nitrogens with two attached hydrogens (primary N) is 1. The van der Waals surface area contributed by atoms with E-state index in [1.807, 2.05) is 4.72 Å². The van der Waals surface area contributed by atoms with Gasteiger partial charge in [-0.05, 0) is 29.8 Å². The average molecular weight is 316 g/mol. The summed E-state index contributed by atoms with van der Waals surface area (Å²) in [6.45, 7) is -0.117. The van der Waals surface area contributed by atoms with Crippen molar-refractivity contribution >= 4 is 15.7 Å². The maximum Gasteiger partial charge on any atom is 0.262 e. The Balaban J connectivity index is 2.42. The Morgan fingerprint density at radius 1 is 1.00 bits per heavy atom. The van der Waals surface area contributed by atoms with Gasteiger partial charge in [-0.3, -0.25) is 4.72 Å². The van der Waals surface area contributed by atoms with Crippen LogP contribution in [-0.2, 0) is 16.6 Å². The van der Waals surface area contributed by atoms with E-state index in [0.717, 1.165) is 24.3 Å². The molecule has 0 fully saturated rings. The van der Waals surface area contributed by atoms with Gasteiger partial charge in [-0.1, -0.05) is 6.07 Å². The smallest absolute Gasteiger partial charge is 0.262 e. The molecule has 0 saturated heterocycles. The lowest BCUT2D eigenvalue weighted by molar-refractivity contribution is 0.509. The maximum absolute atomic E-state index is 13.2. The fourth-order valence-corrected chi connectivity index (χ4v) is 3.03. The number of rotatable bonds is 4. The third kappa shape index (κ3) is 3.34. The van der Waals surface area contributed by atoms with Gasteiger partial charge in [-0.25, -0.2) is 21.6 Å². The first-order valence-electron chi connectivity index (χ1n) is 5.80. The van der Waals surface area contributed by atoms with Crippen molar-refractivity contribution in [3.63, 3.8) is 0 Å². The molecule has 2 aromatic carbocycles. The lowest BCUT2D eigenvalue weighted by Crippen LogP contribution is -2.16. The highest BCUT2D eigenvalue weighted by Gasteiger charge is 2.19. The van der Waals surface area contributed by atoms with Gasteiger partial charge < -0.3 is 5.73 Å². The van der Waals surface area contributed by atoms with Crippen molar-refractivity contribution in [2.45, 2.75) is 11.4 Å². The van der Waals surface area contributed by atoms with Gasteiger partial charge in [0.1, 0.15) is 5.82 Å². The SMILES string of the molecule is NCc1ccc(F)cc1S(=O)(=O)Nc1ccc(F)c(F)c1. The Morgan fingerprint density at radius 3 is 2.33 bits per heavy atom. The van der Waals surface area contributed by atoms with Crippen LogP contribution in [0.15, 0.2) is 41.3 Å². The van der Waals surface area contributed by atoms with Crippen molar-refractivity contribution in [1.29, 1.82) is 0 Å². The molecule has 8 heteroatoms. The second kappa shape index (κ2) is 5.74. The van der Waals surface area contributed by atoms with Crippen LogP contribution in [0.25, 0.3) is 0 Å². The highest BCUT2D eigenvalue weighted by molar-refractivity contribution is 7.92. The van der Waals surface area contributed by atoms with Crippen molar-refractivity contribution in [2.24, 2.45) is 5.73 Å². The van der Waals surface area contributed by atoms with Gasteiger partial charge in [-0.15, -0.1) is 0 Å². The number of anilines is 1.